The van der Waals surface area contributed by atoms with E-state index in [4.69, 9.17) is 9.47 Å². The van der Waals surface area contributed by atoms with Gasteiger partial charge in [0, 0.05) is 19.3 Å². The van der Waals surface area contributed by atoms with Crippen LogP contribution in [0, 0.1) is 5.92 Å². The van der Waals surface area contributed by atoms with Crippen molar-refractivity contribution >= 4 is 0 Å². The first-order valence-corrected chi connectivity index (χ1v) is 9.04. The molecule has 1 heterocycles. The quantitative estimate of drug-likeness (QED) is 0.806. The van der Waals surface area contributed by atoms with Gasteiger partial charge in [0.25, 0.3) is 0 Å². The van der Waals surface area contributed by atoms with Gasteiger partial charge in [0.15, 0.2) is 0 Å². The molecule has 0 aromatic rings. The lowest BCUT2D eigenvalue weighted by atomic mass is 9.71. The van der Waals surface area contributed by atoms with Gasteiger partial charge in [-0.05, 0) is 58.9 Å². The predicted molar refractivity (Wildman–Crippen MR) is 87.7 cm³/mol. The van der Waals surface area contributed by atoms with E-state index in [1.165, 1.54) is 38.5 Å². The maximum absolute atomic E-state index is 6.27. The fourth-order valence-corrected chi connectivity index (χ4v) is 4.68. The van der Waals surface area contributed by atoms with E-state index in [9.17, 15) is 0 Å². The molecule has 1 saturated carbocycles. The van der Waals surface area contributed by atoms with Gasteiger partial charge >= 0.3 is 0 Å². The van der Waals surface area contributed by atoms with E-state index >= 15 is 0 Å². The lowest BCUT2D eigenvalue weighted by molar-refractivity contribution is -0.141. The van der Waals surface area contributed by atoms with Crippen molar-refractivity contribution in [3.8, 4) is 0 Å². The Hall–Kier alpha value is -0.120. The Morgan fingerprint density at radius 1 is 1.29 bits per heavy atom. The molecule has 2 aliphatic rings. The zero-order valence-electron chi connectivity index (χ0n) is 14.5. The van der Waals surface area contributed by atoms with Gasteiger partial charge in [-0.1, -0.05) is 26.2 Å². The van der Waals surface area contributed by atoms with E-state index in [2.05, 4.69) is 33.1 Å². The molecule has 3 heteroatoms. The lowest BCUT2D eigenvalue weighted by Gasteiger charge is -2.49. The number of hydrogen-bond donors (Lipinski definition) is 1. The molecule has 0 bridgehead atoms. The molecule has 3 atom stereocenters. The van der Waals surface area contributed by atoms with E-state index in [-0.39, 0.29) is 11.2 Å². The van der Waals surface area contributed by atoms with Crippen LogP contribution < -0.4 is 5.32 Å². The Balaban J connectivity index is 2.10. The first-order chi connectivity index (χ1) is 10.1. The van der Waals surface area contributed by atoms with Crippen molar-refractivity contribution in [1.82, 2.24) is 5.32 Å². The van der Waals surface area contributed by atoms with Gasteiger partial charge in [-0.25, -0.2) is 0 Å². The summed E-state index contributed by atoms with van der Waals surface area (Å²) in [6, 6.07) is 0.421. The van der Waals surface area contributed by atoms with Crippen LogP contribution in [0.4, 0.5) is 0 Å². The van der Waals surface area contributed by atoms with Crippen LogP contribution in [0.2, 0.25) is 0 Å². The Kier molecular flexibility index (Phi) is 6.10. The third kappa shape index (κ3) is 3.80. The maximum Gasteiger partial charge on any atom is 0.0806 e. The van der Waals surface area contributed by atoms with Crippen molar-refractivity contribution in [1.29, 1.82) is 0 Å². The SMILES string of the molecule is CCOC(C)(CC)C(NC)C1CCOC2(CCCCC2)C1. The van der Waals surface area contributed by atoms with Gasteiger partial charge in [-0.3, -0.25) is 0 Å². The topological polar surface area (TPSA) is 30.5 Å². The van der Waals surface area contributed by atoms with Crippen molar-refractivity contribution in [3.05, 3.63) is 0 Å². The molecule has 0 radical (unpaired) electrons. The summed E-state index contributed by atoms with van der Waals surface area (Å²) in [4.78, 5) is 0. The molecule has 0 aromatic heterocycles. The van der Waals surface area contributed by atoms with Gasteiger partial charge in [0.1, 0.15) is 0 Å². The molecule has 2 rings (SSSR count). The monoisotopic (exact) mass is 297 g/mol. The van der Waals surface area contributed by atoms with Crippen molar-refractivity contribution < 1.29 is 9.47 Å². The van der Waals surface area contributed by atoms with E-state index in [0.29, 0.717) is 12.0 Å². The molecule has 1 aliphatic carbocycles. The minimum Gasteiger partial charge on any atom is -0.375 e. The van der Waals surface area contributed by atoms with Crippen LogP contribution in [0.15, 0.2) is 0 Å². The van der Waals surface area contributed by atoms with Crippen LogP contribution in [0.5, 0.6) is 0 Å². The molecular weight excluding hydrogens is 262 g/mol. The third-order valence-electron chi connectivity index (χ3n) is 5.91. The second kappa shape index (κ2) is 7.43. The number of rotatable bonds is 6. The predicted octanol–water partition coefficient (Wildman–Crippen LogP) is 3.91. The van der Waals surface area contributed by atoms with Crippen LogP contribution in [0.25, 0.3) is 0 Å². The number of nitrogens with one attached hydrogen (secondary N) is 1. The molecule has 1 N–H and O–H groups in total. The Morgan fingerprint density at radius 3 is 2.57 bits per heavy atom. The minimum atomic E-state index is -0.0681. The van der Waals surface area contributed by atoms with Crippen molar-refractivity contribution in [2.24, 2.45) is 5.92 Å². The lowest BCUT2D eigenvalue weighted by Crippen LogP contribution is -2.57. The first-order valence-electron chi connectivity index (χ1n) is 9.04. The van der Waals surface area contributed by atoms with Crippen molar-refractivity contribution in [3.63, 3.8) is 0 Å². The van der Waals surface area contributed by atoms with Crippen LogP contribution in [0.3, 0.4) is 0 Å². The average molecular weight is 297 g/mol. The molecule has 21 heavy (non-hydrogen) atoms. The standard InChI is InChI=1S/C18H35NO2/c1-5-17(3,20-6-2)16(19-4)15-10-13-21-18(14-15)11-8-7-9-12-18/h15-16,19H,5-14H2,1-4H3. The zero-order chi connectivity index (χ0) is 15.3. The highest BCUT2D eigenvalue weighted by Crippen LogP contribution is 2.43. The summed E-state index contributed by atoms with van der Waals surface area (Å²) in [5.41, 5.74) is 0.110. The van der Waals surface area contributed by atoms with E-state index < -0.39 is 0 Å². The van der Waals surface area contributed by atoms with Crippen molar-refractivity contribution in [2.45, 2.75) is 89.4 Å². The van der Waals surface area contributed by atoms with E-state index in [1.807, 2.05) is 0 Å². The van der Waals surface area contributed by atoms with Gasteiger partial charge in [-0.2, -0.15) is 0 Å². The van der Waals surface area contributed by atoms with Gasteiger partial charge in [0.2, 0.25) is 0 Å². The highest BCUT2D eigenvalue weighted by molar-refractivity contribution is 4.99. The molecule has 124 valence electrons. The summed E-state index contributed by atoms with van der Waals surface area (Å²) < 4.78 is 12.4. The Bertz CT molecular complexity index is 309. The van der Waals surface area contributed by atoms with Crippen LogP contribution in [0.1, 0.15) is 72.1 Å². The summed E-state index contributed by atoms with van der Waals surface area (Å²) >= 11 is 0. The van der Waals surface area contributed by atoms with Crippen LogP contribution >= 0.6 is 0 Å². The highest BCUT2D eigenvalue weighted by Gasteiger charge is 2.45. The summed E-state index contributed by atoms with van der Waals surface area (Å²) in [7, 11) is 2.10. The second-order valence-electron chi connectivity index (χ2n) is 7.21. The third-order valence-corrected chi connectivity index (χ3v) is 5.91. The largest absolute Gasteiger partial charge is 0.375 e. The molecule has 1 spiro atoms. The van der Waals surface area contributed by atoms with Gasteiger partial charge < -0.3 is 14.8 Å². The van der Waals surface area contributed by atoms with Crippen molar-refractivity contribution in [2.75, 3.05) is 20.3 Å². The molecule has 0 amide bonds. The molecule has 0 aromatic carbocycles. The summed E-state index contributed by atoms with van der Waals surface area (Å²) in [6.45, 7) is 8.34. The van der Waals surface area contributed by atoms with Crippen LogP contribution in [-0.4, -0.2) is 37.5 Å². The second-order valence-corrected chi connectivity index (χ2v) is 7.21. The first kappa shape index (κ1) is 17.2. The summed E-state index contributed by atoms with van der Waals surface area (Å²) in [5, 5.41) is 3.59. The molecule has 2 fully saturated rings. The van der Waals surface area contributed by atoms with Crippen LogP contribution in [-0.2, 0) is 9.47 Å². The Labute approximate surface area is 131 Å². The summed E-state index contributed by atoms with van der Waals surface area (Å²) in [5.74, 6) is 0.665. The Morgan fingerprint density at radius 2 is 2.00 bits per heavy atom. The number of likely N-dealkylation sites (N-methyl/N-ethyl adjacent to an activating group) is 1. The number of ether oxygens (including phenoxy) is 2. The minimum absolute atomic E-state index is 0.0681. The molecular formula is C18H35NO2. The fraction of sp³-hybridized carbons (Fsp3) is 1.00. The molecule has 3 unspecified atom stereocenters. The molecule has 1 saturated heterocycles. The molecule has 1 aliphatic heterocycles. The normalized spacial score (nSPS) is 30.0. The van der Waals surface area contributed by atoms with E-state index in [1.54, 1.807) is 0 Å². The van der Waals surface area contributed by atoms with Gasteiger partial charge in [-0.15, -0.1) is 0 Å². The van der Waals surface area contributed by atoms with E-state index in [0.717, 1.165) is 26.1 Å². The zero-order valence-corrected chi connectivity index (χ0v) is 14.5. The average Bonchev–Trinajstić information content (AvgIpc) is 2.49. The number of hydrogen-bond acceptors (Lipinski definition) is 3. The van der Waals surface area contributed by atoms with Gasteiger partial charge in [0.05, 0.1) is 11.2 Å². The summed E-state index contributed by atoms with van der Waals surface area (Å²) in [6.07, 6.45) is 10.0. The smallest absolute Gasteiger partial charge is 0.0806 e. The maximum atomic E-state index is 6.27. The fourth-order valence-electron chi connectivity index (χ4n) is 4.68. The highest BCUT2D eigenvalue weighted by atomic mass is 16.5. The molecule has 3 nitrogen and oxygen atoms in total.